The summed E-state index contributed by atoms with van der Waals surface area (Å²) in [4.78, 5) is 22.9. The van der Waals surface area contributed by atoms with Crippen molar-refractivity contribution in [1.82, 2.24) is 10.6 Å². The first-order valence-corrected chi connectivity index (χ1v) is 9.01. The molecule has 6 nitrogen and oxygen atoms in total. The SMILES string of the molecule is CCC(CC)C1CC(NC(=O)NCc2ccc(C(=O)O)cc2)CCO1. The summed E-state index contributed by atoms with van der Waals surface area (Å²) in [5.74, 6) is -0.413. The first-order chi connectivity index (χ1) is 12.0. The molecule has 2 atom stereocenters. The van der Waals surface area contributed by atoms with E-state index in [1.54, 1.807) is 12.1 Å². The van der Waals surface area contributed by atoms with E-state index >= 15 is 0 Å². The third-order valence-corrected chi connectivity index (χ3v) is 4.88. The molecule has 1 aromatic rings. The third-order valence-electron chi connectivity index (χ3n) is 4.88. The zero-order valence-corrected chi connectivity index (χ0v) is 15.0. The summed E-state index contributed by atoms with van der Waals surface area (Å²) in [5.41, 5.74) is 1.10. The van der Waals surface area contributed by atoms with Gasteiger partial charge in [-0.3, -0.25) is 0 Å². The zero-order chi connectivity index (χ0) is 18.2. The van der Waals surface area contributed by atoms with Crippen LogP contribution in [0.15, 0.2) is 24.3 Å². The highest BCUT2D eigenvalue weighted by atomic mass is 16.5. The average Bonchev–Trinajstić information content (AvgIpc) is 2.62. The molecule has 1 fully saturated rings. The second-order valence-corrected chi connectivity index (χ2v) is 6.54. The van der Waals surface area contributed by atoms with Crippen LogP contribution in [0.1, 0.15) is 55.5 Å². The van der Waals surface area contributed by atoms with Crippen LogP contribution in [-0.2, 0) is 11.3 Å². The second kappa shape index (κ2) is 9.42. The molecule has 1 saturated heterocycles. The Bertz CT molecular complexity index is 569. The molecule has 25 heavy (non-hydrogen) atoms. The van der Waals surface area contributed by atoms with Gasteiger partial charge < -0.3 is 20.5 Å². The van der Waals surface area contributed by atoms with Crippen LogP contribution in [0.3, 0.4) is 0 Å². The molecule has 0 radical (unpaired) electrons. The number of amides is 2. The maximum atomic E-state index is 12.1. The van der Waals surface area contributed by atoms with E-state index in [1.807, 2.05) is 0 Å². The number of aromatic carboxylic acids is 1. The van der Waals surface area contributed by atoms with Crippen molar-refractivity contribution in [2.45, 2.75) is 58.2 Å². The van der Waals surface area contributed by atoms with Gasteiger partial charge in [-0.2, -0.15) is 0 Å². The lowest BCUT2D eigenvalue weighted by Gasteiger charge is -2.34. The average molecular weight is 348 g/mol. The quantitative estimate of drug-likeness (QED) is 0.706. The van der Waals surface area contributed by atoms with Gasteiger partial charge in [0.05, 0.1) is 11.7 Å². The van der Waals surface area contributed by atoms with Gasteiger partial charge in [-0.25, -0.2) is 9.59 Å². The Morgan fingerprint density at radius 2 is 1.92 bits per heavy atom. The van der Waals surface area contributed by atoms with Crippen LogP contribution in [0.25, 0.3) is 0 Å². The fourth-order valence-corrected chi connectivity index (χ4v) is 3.29. The zero-order valence-electron chi connectivity index (χ0n) is 15.0. The van der Waals surface area contributed by atoms with Gasteiger partial charge in [0.1, 0.15) is 0 Å². The molecule has 0 aliphatic carbocycles. The maximum absolute atomic E-state index is 12.1. The molecule has 1 aliphatic heterocycles. The molecule has 2 unspecified atom stereocenters. The van der Waals surface area contributed by atoms with Crippen LogP contribution in [-0.4, -0.2) is 35.9 Å². The number of carboxylic acids is 1. The van der Waals surface area contributed by atoms with E-state index in [0.29, 0.717) is 19.1 Å². The molecule has 138 valence electrons. The Morgan fingerprint density at radius 1 is 1.24 bits per heavy atom. The minimum Gasteiger partial charge on any atom is -0.478 e. The fraction of sp³-hybridized carbons (Fsp3) is 0.579. The molecule has 1 aliphatic rings. The molecule has 3 N–H and O–H groups in total. The van der Waals surface area contributed by atoms with Gasteiger partial charge >= 0.3 is 12.0 Å². The lowest BCUT2D eigenvalue weighted by atomic mass is 9.89. The highest BCUT2D eigenvalue weighted by Gasteiger charge is 2.28. The van der Waals surface area contributed by atoms with Gasteiger partial charge in [-0.15, -0.1) is 0 Å². The molecule has 2 amide bonds. The van der Waals surface area contributed by atoms with E-state index in [0.717, 1.165) is 31.2 Å². The van der Waals surface area contributed by atoms with Crippen LogP contribution < -0.4 is 10.6 Å². The number of urea groups is 1. The first kappa shape index (κ1) is 19.2. The standard InChI is InChI=1S/C19H28N2O4/c1-3-14(4-2)17-11-16(9-10-25-17)21-19(24)20-12-13-5-7-15(8-6-13)18(22)23/h5-8,14,16-17H,3-4,9-12H2,1-2H3,(H,22,23)(H2,20,21,24). The Morgan fingerprint density at radius 3 is 2.52 bits per heavy atom. The third kappa shape index (κ3) is 5.74. The largest absolute Gasteiger partial charge is 0.478 e. The number of rotatable bonds is 7. The molecular weight excluding hydrogens is 320 g/mol. The van der Waals surface area contributed by atoms with Crippen molar-refractivity contribution < 1.29 is 19.4 Å². The minimum atomic E-state index is -0.955. The Labute approximate surface area is 149 Å². The van der Waals surface area contributed by atoms with Gasteiger partial charge in [0.15, 0.2) is 0 Å². The second-order valence-electron chi connectivity index (χ2n) is 6.54. The van der Waals surface area contributed by atoms with Gasteiger partial charge in [0, 0.05) is 19.2 Å². The van der Waals surface area contributed by atoms with Gasteiger partial charge in [-0.05, 0) is 36.5 Å². The summed E-state index contributed by atoms with van der Waals surface area (Å²) in [5, 5.41) is 14.7. The van der Waals surface area contributed by atoms with Crippen LogP contribution in [0, 0.1) is 5.92 Å². The van der Waals surface area contributed by atoms with Gasteiger partial charge in [-0.1, -0.05) is 38.8 Å². The molecule has 6 heteroatoms. The van der Waals surface area contributed by atoms with E-state index in [2.05, 4.69) is 24.5 Å². The van der Waals surface area contributed by atoms with Crippen LogP contribution in [0.5, 0.6) is 0 Å². The Balaban J connectivity index is 1.78. The normalized spacial score (nSPS) is 20.3. The number of carbonyl (C=O) groups is 2. The number of benzene rings is 1. The van der Waals surface area contributed by atoms with Crippen LogP contribution in [0.4, 0.5) is 4.79 Å². The highest BCUT2D eigenvalue weighted by molar-refractivity contribution is 5.87. The lowest BCUT2D eigenvalue weighted by molar-refractivity contribution is -0.0331. The number of carbonyl (C=O) groups excluding carboxylic acids is 1. The summed E-state index contributed by atoms with van der Waals surface area (Å²) >= 11 is 0. The lowest BCUT2D eigenvalue weighted by Crippen LogP contribution is -2.47. The van der Waals surface area contributed by atoms with E-state index in [1.165, 1.54) is 12.1 Å². The number of nitrogens with one attached hydrogen (secondary N) is 2. The highest BCUT2D eigenvalue weighted by Crippen LogP contribution is 2.25. The first-order valence-electron chi connectivity index (χ1n) is 9.01. The Kier molecular flexibility index (Phi) is 7.25. The maximum Gasteiger partial charge on any atom is 0.335 e. The van der Waals surface area contributed by atoms with Gasteiger partial charge in [0.2, 0.25) is 0 Å². The van der Waals surface area contributed by atoms with Crippen molar-refractivity contribution in [2.24, 2.45) is 5.92 Å². The monoisotopic (exact) mass is 348 g/mol. The predicted molar refractivity (Wildman–Crippen MR) is 95.6 cm³/mol. The Hall–Kier alpha value is -2.08. The van der Waals surface area contributed by atoms with E-state index in [9.17, 15) is 9.59 Å². The number of hydrogen-bond donors (Lipinski definition) is 3. The molecule has 0 bridgehead atoms. The van der Waals surface area contributed by atoms with E-state index < -0.39 is 5.97 Å². The molecule has 0 aromatic heterocycles. The molecule has 2 rings (SSSR count). The fourth-order valence-electron chi connectivity index (χ4n) is 3.29. The van der Waals surface area contributed by atoms with Crippen molar-refractivity contribution in [2.75, 3.05) is 6.61 Å². The van der Waals surface area contributed by atoms with E-state index in [4.69, 9.17) is 9.84 Å². The molecular formula is C19H28N2O4. The molecule has 1 heterocycles. The van der Waals surface area contributed by atoms with Crippen molar-refractivity contribution in [3.63, 3.8) is 0 Å². The molecule has 0 saturated carbocycles. The van der Waals surface area contributed by atoms with Crippen molar-refractivity contribution in [3.8, 4) is 0 Å². The number of carboxylic acid groups (broad SMARTS) is 1. The predicted octanol–water partition coefficient (Wildman–Crippen LogP) is 3.17. The molecule has 0 spiro atoms. The summed E-state index contributed by atoms with van der Waals surface area (Å²) in [7, 11) is 0. The summed E-state index contributed by atoms with van der Waals surface area (Å²) < 4.78 is 5.87. The number of hydrogen-bond acceptors (Lipinski definition) is 3. The number of ether oxygens (including phenoxy) is 1. The van der Waals surface area contributed by atoms with Crippen molar-refractivity contribution in [1.29, 1.82) is 0 Å². The van der Waals surface area contributed by atoms with Crippen LogP contribution >= 0.6 is 0 Å². The summed E-state index contributed by atoms with van der Waals surface area (Å²) in [6.45, 7) is 5.40. The minimum absolute atomic E-state index is 0.133. The van der Waals surface area contributed by atoms with Crippen molar-refractivity contribution >= 4 is 12.0 Å². The van der Waals surface area contributed by atoms with Crippen LogP contribution in [0.2, 0.25) is 0 Å². The molecule has 1 aromatic carbocycles. The van der Waals surface area contributed by atoms with Crippen molar-refractivity contribution in [3.05, 3.63) is 35.4 Å². The topological polar surface area (TPSA) is 87.7 Å². The summed E-state index contributed by atoms with van der Waals surface area (Å²) in [6.07, 6.45) is 4.08. The smallest absolute Gasteiger partial charge is 0.335 e. The van der Waals surface area contributed by atoms with E-state index in [-0.39, 0.29) is 23.7 Å². The summed E-state index contributed by atoms with van der Waals surface area (Å²) in [6, 6.07) is 6.43. The van der Waals surface area contributed by atoms with Gasteiger partial charge in [0.25, 0.3) is 0 Å².